The number of β-amino-alcohol motifs (C(OH)–C–C–N with tert-alkyl or cyclic N) is 1. The van der Waals surface area contributed by atoms with Gasteiger partial charge in [-0.2, -0.15) is 0 Å². The Balaban J connectivity index is 1.19. The first-order valence-electron chi connectivity index (χ1n) is 13.6. The fourth-order valence-corrected chi connectivity index (χ4v) is 5.67. The Morgan fingerprint density at radius 2 is 1.86 bits per heavy atom. The number of carbonyl (C=O) groups excluding carboxylic acids is 1. The predicted molar refractivity (Wildman–Crippen MR) is 154 cm³/mol. The molecule has 10 nitrogen and oxygen atoms in total. The molecule has 0 unspecified atom stereocenters. The lowest BCUT2D eigenvalue weighted by Crippen LogP contribution is -2.60. The summed E-state index contributed by atoms with van der Waals surface area (Å²) in [6.45, 7) is 0.278. The molecule has 1 N–H and O–H groups in total. The third kappa shape index (κ3) is 5.34. The second-order valence-electron chi connectivity index (χ2n) is 10.5. The Morgan fingerprint density at radius 3 is 2.47 bits per heavy atom. The second kappa shape index (κ2) is 11.4. The summed E-state index contributed by atoms with van der Waals surface area (Å²) in [5.41, 5.74) is 1.22. The molecule has 4 aromatic rings. The molecule has 0 bridgehead atoms. The SMILES string of the molecule is COC(=O)c1cnc(N2CC(O)(c3ccc(OCc4c(-c5c(OC)cccc5OC)noc4C4CC4)cc3Cl)C2)c(F)c1. The minimum Gasteiger partial charge on any atom is -0.496 e. The Kier molecular flexibility index (Phi) is 7.61. The number of aromatic nitrogens is 2. The van der Waals surface area contributed by atoms with Crippen molar-refractivity contribution in [3.63, 3.8) is 0 Å². The molecule has 224 valence electrons. The highest BCUT2D eigenvalue weighted by molar-refractivity contribution is 6.31. The number of carbonyl (C=O) groups is 1. The number of hydrogen-bond acceptors (Lipinski definition) is 10. The maximum absolute atomic E-state index is 14.6. The van der Waals surface area contributed by atoms with Gasteiger partial charge in [-0.15, -0.1) is 0 Å². The average Bonchev–Trinajstić information content (AvgIpc) is 3.76. The first-order chi connectivity index (χ1) is 20.8. The highest BCUT2D eigenvalue weighted by atomic mass is 35.5. The summed E-state index contributed by atoms with van der Waals surface area (Å²) < 4.78 is 42.4. The van der Waals surface area contributed by atoms with Gasteiger partial charge in [-0.25, -0.2) is 14.2 Å². The molecule has 0 radical (unpaired) electrons. The van der Waals surface area contributed by atoms with Crippen molar-refractivity contribution in [3.05, 3.63) is 82.0 Å². The Morgan fingerprint density at radius 1 is 1.14 bits per heavy atom. The fraction of sp³-hybridized carbons (Fsp3) is 0.323. The quantitative estimate of drug-likeness (QED) is 0.231. The predicted octanol–water partition coefficient (Wildman–Crippen LogP) is 5.50. The largest absolute Gasteiger partial charge is 0.496 e. The van der Waals surface area contributed by atoms with Crippen molar-refractivity contribution in [1.82, 2.24) is 10.1 Å². The van der Waals surface area contributed by atoms with E-state index in [2.05, 4.69) is 14.9 Å². The normalized spacial score (nSPS) is 15.5. The summed E-state index contributed by atoms with van der Waals surface area (Å²) in [4.78, 5) is 17.3. The third-order valence-corrected chi connectivity index (χ3v) is 8.02. The topological polar surface area (TPSA) is 116 Å². The molecule has 2 fully saturated rings. The number of halogens is 2. The lowest BCUT2D eigenvalue weighted by atomic mass is 9.86. The lowest BCUT2D eigenvalue weighted by molar-refractivity contribution is 0.00669. The van der Waals surface area contributed by atoms with E-state index in [9.17, 15) is 14.3 Å². The van der Waals surface area contributed by atoms with Crippen molar-refractivity contribution in [2.45, 2.75) is 31.0 Å². The van der Waals surface area contributed by atoms with Crippen molar-refractivity contribution in [1.29, 1.82) is 0 Å². The van der Waals surface area contributed by atoms with Crippen LogP contribution in [-0.4, -0.2) is 55.6 Å². The molecule has 1 saturated heterocycles. The van der Waals surface area contributed by atoms with Gasteiger partial charge in [-0.3, -0.25) is 0 Å². The van der Waals surface area contributed by atoms with Gasteiger partial charge in [0.1, 0.15) is 40.9 Å². The van der Waals surface area contributed by atoms with Crippen molar-refractivity contribution in [2.75, 3.05) is 39.3 Å². The van der Waals surface area contributed by atoms with E-state index >= 15 is 0 Å². The van der Waals surface area contributed by atoms with Crippen LogP contribution in [0.15, 0.2) is 53.2 Å². The number of methoxy groups -OCH3 is 3. The molecule has 2 aromatic carbocycles. The van der Waals surface area contributed by atoms with Gasteiger partial charge in [-0.1, -0.05) is 28.9 Å². The van der Waals surface area contributed by atoms with Gasteiger partial charge in [0.15, 0.2) is 11.6 Å². The zero-order valence-electron chi connectivity index (χ0n) is 23.7. The van der Waals surface area contributed by atoms with E-state index in [4.69, 9.17) is 30.3 Å². The van der Waals surface area contributed by atoms with E-state index in [1.165, 1.54) is 13.3 Å². The van der Waals surface area contributed by atoms with E-state index in [-0.39, 0.29) is 37.0 Å². The molecule has 0 spiro atoms. The molecule has 1 aliphatic carbocycles. The van der Waals surface area contributed by atoms with Crippen LogP contribution in [0.4, 0.5) is 10.2 Å². The van der Waals surface area contributed by atoms with Crippen molar-refractivity contribution in [2.24, 2.45) is 0 Å². The van der Waals surface area contributed by atoms with Crippen LogP contribution in [0.1, 0.15) is 46.0 Å². The number of nitrogens with zero attached hydrogens (tertiary/aromatic N) is 3. The zero-order chi connectivity index (χ0) is 30.3. The number of rotatable bonds is 10. The maximum atomic E-state index is 14.6. The van der Waals surface area contributed by atoms with Gasteiger partial charge in [0.25, 0.3) is 0 Å². The number of esters is 1. The molecular formula is C31H29ClFN3O7. The van der Waals surface area contributed by atoms with Crippen molar-refractivity contribution < 1.29 is 37.8 Å². The molecule has 3 heterocycles. The summed E-state index contributed by atoms with van der Waals surface area (Å²) in [7, 11) is 4.38. The van der Waals surface area contributed by atoms with E-state index in [1.54, 1.807) is 37.3 Å². The molecule has 1 aliphatic heterocycles. The standard InChI is InChI=1S/C31H29ClFN3O7/c1-39-24-5-4-6-25(40-2)26(24)27-20(28(43-35-27)17-7-8-17)14-42-19-9-10-21(22(32)12-19)31(38)15-36(16-31)29-23(33)11-18(13-34-29)30(37)41-3/h4-6,9-13,17,38H,7-8,14-16H2,1-3H3. The number of anilines is 1. The number of ether oxygens (including phenoxy) is 4. The van der Waals surface area contributed by atoms with Crippen LogP contribution in [0.2, 0.25) is 5.02 Å². The van der Waals surface area contributed by atoms with Crippen LogP contribution in [0.25, 0.3) is 11.3 Å². The fourth-order valence-electron chi connectivity index (χ4n) is 5.33. The first kappa shape index (κ1) is 28.8. The molecule has 0 atom stereocenters. The summed E-state index contributed by atoms with van der Waals surface area (Å²) in [6, 6.07) is 11.6. The van der Waals surface area contributed by atoms with Crippen molar-refractivity contribution in [3.8, 4) is 28.5 Å². The number of hydrogen-bond donors (Lipinski definition) is 1. The molecule has 2 aromatic heterocycles. The molecule has 43 heavy (non-hydrogen) atoms. The van der Waals surface area contributed by atoms with Gasteiger partial charge in [0, 0.05) is 17.7 Å². The molecule has 0 amide bonds. The van der Waals surface area contributed by atoms with Gasteiger partial charge in [0.05, 0.1) is 56.1 Å². The minimum absolute atomic E-state index is 0.00258. The summed E-state index contributed by atoms with van der Waals surface area (Å²) in [5, 5.41) is 15.9. The van der Waals surface area contributed by atoms with Crippen LogP contribution in [0, 0.1) is 5.82 Å². The summed E-state index contributed by atoms with van der Waals surface area (Å²) in [6.07, 6.45) is 3.26. The highest BCUT2D eigenvalue weighted by Gasteiger charge is 2.45. The summed E-state index contributed by atoms with van der Waals surface area (Å²) in [5.74, 6) is 1.38. The van der Waals surface area contributed by atoms with Crippen LogP contribution in [0.3, 0.4) is 0 Å². The number of pyridine rings is 1. The van der Waals surface area contributed by atoms with Gasteiger partial charge in [-0.05, 0) is 43.2 Å². The van der Waals surface area contributed by atoms with Gasteiger partial charge < -0.3 is 33.5 Å². The molecule has 1 saturated carbocycles. The Hall–Kier alpha value is -4.35. The smallest absolute Gasteiger partial charge is 0.339 e. The molecular weight excluding hydrogens is 581 g/mol. The maximum Gasteiger partial charge on any atom is 0.339 e. The Labute approximate surface area is 251 Å². The van der Waals surface area contributed by atoms with E-state index in [0.717, 1.165) is 30.2 Å². The van der Waals surface area contributed by atoms with Crippen LogP contribution in [-0.2, 0) is 16.9 Å². The molecule has 12 heteroatoms. The molecule has 6 rings (SSSR count). The zero-order valence-corrected chi connectivity index (χ0v) is 24.5. The highest BCUT2D eigenvalue weighted by Crippen LogP contribution is 2.47. The van der Waals surface area contributed by atoms with Crippen LogP contribution >= 0.6 is 11.6 Å². The minimum atomic E-state index is -1.33. The summed E-state index contributed by atoms with van der Waals surface area (Å²) >= 11 is 6.62. The van der Waals surface area contributed by atoms with E-state index < -0.39 is 17.4 Å². The van der Waals surface area contributed by atoms with E-state index in [1.807, 2.05) is 18.2 Å². The molecule has 2 aliphatic rings. The van der Waals surface area contributed by atoms with Crippen LogP contribution < -0.4 is 19.1 Å². The Bertz CT molecular complexity index is 1660. The number of aliphatic hydroxyl groups is 1. The van der Waals surface area contributed by atoms with E-state index in [0.29, 0.717) is 39.1 Å². The second-order valence-corrected chi connectivity index (χ2v) is 10.9. The third-order valence-electron chi connectivity index (χ3n) is 7.70. The lowest BCUT2D eigenvalue weighted by Gasteiger charge is -2.47. The van der Waals surface area contributed by atoms with Gasteiger partial charge in [0.2, 0.25) is 0 Å². The van der Waals surface area contributed by atoms with Gasteiger partial charge >= 0.3 is 5.97 Å². The number of benzene rings is 2. The van der Waals surface area contributed by atoms with Crippen molar-refractivity contribution >= 4 is 23.4 Å². The van der Waals surface area contributed by atoms with Crippen LogP contribution in [0.5, 0.6) is 17.2 Å². The first-order valence-corrected chi connectivity index (χ1v) is 14.0. The average molecular weight is 610 g/mol. The monoisotopic (exact) mass is 609 g/mol.